The largest absolute Gasteiger partial charge is 0.466 e. The molecular weight excluding hydrogens is 526 g/mol. The molecule has 5 rings (SSSR count). The number of ether oxygens (including phenoxy) is 2. The molecule has 0 aromatic heterocycles. The molecule has 208 valence electrons. The molecule has 3 heterocycles. The molecule has 8 nitrogen and oxygen atoms in total. The molecule has 0 aliphatic carbocycles. The average Bonchev–Trinajstić information content (AvgIpc) is 3.39. The van der Waals surface area contributed by atoms with Gasteiger partial charge in [-0.2, -0.15) is 0 Å². The van der Waals surface area contributed by atoms with E-state index in [9.17, 15) is 14.4 Å². The topological polar surface area (TPSA) is 88.5 Å². The molecule has 0 N–H and O–H groups in total. The standard InChI is InChI=1S/C31H33N3O5S/c1-3-38-29(36)23-15-17-33(18-16-23)25(35)19-24-20-40-31-32-27(21-11-7-5-8-12-21)26(30(37)39-4-2)28(34(24)31)22-13-9-6-10-14-22/h5-14,20,23,28H,3-4,15-19H2,1-2H3/t28-/m0/s1. The van der Waals surface area contributed by atoms with Crippen molar-refractivity contribution in [3.63, 3.8) is 0 Å². The van der Waals surface area contributed by atoms with Gasteiger partial charge in [-0.05, 0) is 37.7 Å². The van der Waals surface area contributed by atoms with E-state index < -0.39 is 12.0 Å². The summed E-state index contributed by atoms with van der Waals surface area (Å²) in [5.41, 5.74) is 3.53. The third-order valence-electron chi connectivity index (χ3n) is 7.27. The maximum Gasteiger partial charge on any atom is 0.338 e. The second kappa shape index (κ2) is 12.6. The molecule has 3 aliphatic heterocycles. The Morgan fingerprint density at radius 2 is 1.57 bits per heavy atom. The van der Waals surface area contributed by atoms with Crippen molar-refractivity contribution in [2.24, 2.45) is 10.9 Å². The van der Waals surface area contributed by atoms with Crippen LogP contribution in [0.15, 0.2) is 82.3 Å². The van der Waals surface area contributed by atoms with Crippen LogP contribution in [0.5, 0.6) is 0 Å². The highest BCUT2D eigenvalue weighted by molar-refractivity contribution is 8.16. The van der Waals surface area contributed by atoms with Gasteiger partial charge in [-0.3, -0.25) is 9.59 Å². The zero-order chi connectivity index (χ0) is 28.1. The van der Waals surface area contributed by atoms with Crippen molar-refractivity contribution in [3.05, 3.63) is 88.5 Å². The first-order chi connectivity index (χ1) is 19.5. The summed E-state index contributed by atoms with van der Waals surface area (Å²) in [4.78, 5) is 47.9. The average molecular weight is 560 g/mol. The molecule has 2 aromatic rings. The molecule has 2 aromatic carbocycles. The highest BCUT2D eigenvalue weighted by atomic mass is 32.2. The minimum atomic E-state index is -0.508. The summed E-state index contributed by atoms with van der Waals surface area (Å²) in [6, 6.07) is 18.9. The maximum atomic E-state index is 13.5. The Hall–Kier alpha value is -3.85. The summed E-state index contributed by atoms with van der Waals surface area (Å²) in [5, 5.41) is 2.67. The molecule has 0 unspecified atom stereocenters. The van der Waals surface area contributed by atoms with E-state index in [1.807, 2.05) is 75.9 Å². The Balaban J connectivity index is 1.45. The molecule has 1 saturated heterocycles. The van der Waals surface area contributed by atoms with E-state index >= 15 is 0 Å². The first-order valence-electron chi connectivity index (χ1n) is 13.7. The van der Waals surface area contributed by atoms with Crippen LogP contribution in [0, 0.1) is 5.92 Å². The molecule has 3 aliphatic rings. The predicted octanol–water partition coefficient (Wildman–Crippen LogP) is 5.15. The van der Waals surface area contributed by atoms with Crippen LogP contribution < -0.4 is 0 Å². The fourth-order valence-corrected chi connectivity index (χ4v) is 6.25. The maximum absolute atomic E-state index is 13.5. The van der Waals surface area contributed by atoms with Crippen molar-refractivity contribution >= 4 is 40.5 Å². The number of hydrogen-bond donors (Lipinski definition) is 0. The van der Waals surface area contributed by atoms with Crippen molar-refractivity contribution in [2.75, 3.05) is 26.3 Å². The number of hydrogen-bond acceptors (Lipinski definition) is 8. The smallest absolute Gasteiger partial charge is 0.338 e. The summed E-state index contributed by atoms with van der Waals surface area (Å²) in [6.45, 7) is 5.21. The molecule has 0 radical (unpaired) electrons. The van der Waals surface area contributed by atoms with E-state index in [-0.39, 0.29) is 30.8 Å². The van der Waals surface area contributed by atoms with E-state index in [1.54, 1.807) is 13.8 Å². The lowest BCUT2D eigenvalue weighted by atomic mass is 9.91. The van der Waals surface area contributed by atoms with Gasteiger partial charge in [0.2, 0.25) is 5.91 Å². The van der Waals surface area contributed by atoms with Gasteiger partial charge >= 0.3 is 11.9 Å². The molecule has 9 heteroatoms. The molecule has 0 spiro atoms. The number of carbonyl (C=O) groups excluding carboxylic acids is 3. The van der Waals surface area contributed by atoms with Gasteiger partial charge in [0.25, 0.3) is 0 Å². The van der Waals surface area contributed by atoms with Crippen LogP contribution in [-0.2, 0) is 23.9 Å². The van der Waals surface area contributed by atoms with Gasteiger partial charge in [-0.15, -0.1) is 0 Å². The summed E-state index contributed by atoms with van der Waals surface area (Å²) in [7, 11) is 0. The van der Waals surface area contributed by atoms with Crippen LogP contribution in [-0.4, -0.2) is 59.1 Å². The Morgan fingerprint density at radius 1 is 0.925 bits per heavy atom. The minimum absolute atomic E-state index is 0.0160. The van der Waals surface area contributed by atoms with Crippen LogP contribution in [0.4, 0.5) is 0 Å². The number of nitrogens with zero attached hydrogens (tertiary/aromatic N) is 3. The van der Waals surface area contributed by atoms with Gasteiger partial charge in [0, 0.05) is 24.4 Å². The lowest BCUT2D eigenvalue weighted by molar-refractivity contribution is -0.151. The van der Waals surface area contributed by atoms with Gasteiger partial charge in [0.1, 0.15) is 0 Å². The number of piperidine rings is 1. The summed E-state index contributed by atoms with van der Waals surface area (Å²) < 4.78 is 10.7. The summed E-state index contributed by atoms with van der Waals surface area (Å²) in [5.74, 6) is -0.793. The number of likely N-dealkylation sites (tertiary alicyclic amines) is 1. The first-order valence-corrected chi connectivity index (χ1v) is 14.6. The van der Waals surface area contributed by atoms with Crippen molar-refractivity contribution in [1.82, 2.24) is 9.80 Å². The van der Waals surface area contributed by atoms with Crippen LogP contribution in [0.3, 0.4) is 0 Å². The van der Waals surface area contributed by atoms with Crippen molar-refractivity contribution in [2.45, 2.75) is 39.2 Å². The number of fused-ring (bicyclic) bond motifs is 1. The third-order valence-corrected chi connectivity index (χ3v) is 8.16. The molecule has 1 fully saturated rings. The van der Waals surface area contributed by atoms with E-state index in [1.165, 1.54) is 11.8 Å². The van der Waals surface area contributed by atoms with Crippen molar-refractivity contribution in [1.29, 1.82) is 0 Å². The number of thioether (sulfide) groups is 1. The highest BCUT2D eigenvalue weighted by Gasteiger charge is 2.42. The Morgan fingerprint density at radius 3 is 2.23 bits per heavy atom. The summed E-state index contributed by atoms with van der Waals surface area (Å²) in [6.07, 6.45) is 1.35. The third kappa shape index (κ3) is 5.70. The monoisotopic (exact) mass is 559 g/mol. The number of esters is 2. The van der Waals surface area contributed by atoms with Gasteiger partial charge in [0.15, 0.2) is 5.17 Å². The molecule has 0 saturated carbocycles. The molecule has 1 amide bonds. The van der Waals surface area contributed by atoms with Crippen LogP contribution in [0.1, 0.15) is 50.3 Å². The highest BCUT2D eigenvalue weighted by Crippen LogP contribution is 2.47. The second-order valence-corrected chi connectivity index (χ2v) is 10.6. The van der Waals surface area contributed by atoms with Crippen LogP contribution >= 0.6 is 11.8 Å². The molecule has 0 bridgehead atoms. The van der Waals surface area contributed by atoms with Gasteiger partial charge < -0.3 is 19.3 Å². The summed E-state index contributed by atoms with van der Waals surface area (Å²) >= 11 is 1.45. The normalized spacial score (nSPS) is 19.1. The second-order valence-electron chi connectivity index (χ2n) is 9.74. The fourth-order valence-electron chi connectivity index (χ4n) is 5.33. The van der Waals surface area contributed by atoms with Crippen molar-refractivity contribution < 1.29 is 23.9 Å². The Bertz CT molecular complexity index is 1350. The Labute approximate surface area is 238 Å². The first kappa shape index (κ1) is 27.7. The number of amides is 1. The van der Waals surface area contributed by atoms with Crippen molar-refractivity contribution in [3.8, 4) is 0 Å². The molecular formula is C31H33N3O5S. The van der Waals surface area contributed by atoms with Crippen LogP contribution in [0.2, 0.25) is 0 Å². The zero-order valence-corrected chi connectivity index (χ0v) is 23.6. The van der Waals surface area contributed by atoms with Gasteiger partial charge in [0.05, 0.1) is 42.9 Å². The van der Waals surface area contributed by atoms with Crippen LogP contribution in [0.25, 0.3) is 5.70 Å². The van der Waals surface area contributed by atoms with Gasteiger partial charge in [-0.1, -0.05) is 72.4 Å². The number of benzene rings is 2. The lowest BCUT2D eigenvalue weighted by Crippen LogP contribution is -2.42. The zero-order valence-electron chi connectivity index (χ0n) is 22.7. The Kier molecular flexibility index (Phi) is 8.69. The SMILES string of the molecule is CCOC(=O)C1=C(c2ccccc2)N=C2SC=C(CC(=O)N3CCC(C(=O)OCC)CC3)N2[C@H]1c1ccccc1. The molecule has 1 atom stereocenters. The predicted molar refractivity (Wildman–Crippen MR) is 155 cm³/mol. The van der Waals surface area contributed by atoms with E-state index in [0.29, 0.717) is 49.0 Å². The fraction of sp³-hybridized carbons (Fsp3) is 0.355. The van der Waals surface area contributed by atoms with E-state index in [0.717, 1.165) is 16.8 Å². The number of amidine groups is 1. The quantitative estimate of drug-likeness (QED) is 0.413. The number of carbonyl (C=O) groups is 3. The van der Waals surface area contributed by atoms with E-state index in [2.05, 4.69) is 0 Å². The lowest BCUT2D eigenvalue weighted by Gasteiger charge is -2.37. The minimum Gasteiger partial charge on any atom is -0.466 e. The molecule has 40 heavy (non-hydrogen) atoms. The van der Waals surface area contributed by atoms with Gasteiger partial charge in [-0.25, -0.2) is 9.79 Å². The number of rotatable bonds is 8. The van der Waals surface area contributed by atoms with E-state index in [4.69, 9.17) is 14.5 Å². The number of aliphatic imine (C=N–C) groups is 1.